The molecule has 1 saturated heterocycles. The van der Waals surface area contributed by atoms with Crippen LogP contribution in [-0.4, -0.2) is 48.9 Å². The molecule has 0 radical (unpaired) electrons. The third-order valence-electron chi connectivity index (χ3n) is 5.15. The SMILES string of the molecule is CC(=O)c1ccc(N2CCN(C(=O)[C@H]3Cc4ccccc4O3)CC2)cc1. The van der Waals surface area contributed by atoms with E-state index in [0.29, 0.717) is 19.5 Å². The third kappa shape index (κ3) is 3.17. The highest BCUT2D eigenvalue weighted by molar-refractivity contribution is 5.94. The van der Waals surface area contributed by atoms with E-state index in [4.69, 9.17) is 4.74 Å². The summed E-state index contributed by atoms with van der Waals surface area (Å²) in [4.78, 5) is 28.3. The number of piperazine rings is 1. The summed E-state index contributed by atoms with van der Waals surface area (Å²) >= 11 is 0. The molecule has 134 valence electrons. The van der Waals surface area contributed by atoms with Crippen molar-refractivity contribution in [2.24, 2.45) is 0 Å². The van der Waals surface area contributed by atoms with Crippen molar-refractivity contribution in [3.8, 4) is 5.75 Å². The molecule has 2 aliphatic rings. The Morgan fingerprint density at radius 3 is 2.31 bits per heavy atom. The number of Topliss-reactive ketones (excluding diaryl/α,β-unsaturated/α-hetero) is 1. The highest BCUT2D eigenvalue weighted by Crippen LogP contribution is 2.29. The summed E-state index contributed by atoms with van der Waals surface area (Å²) in [5, 5.41) is 0. The molecule has 1 atom stereocenters. The Balaban J connectivity index is 1.35. The van der Waals surface area contributed by atoms with Crippen molar-refractivity contribution in [1.29, 1.82) is 0 Å². The van der Waals surface area contributed by atoms with Crippen LogP contribution in [0.5, 0.6) is 5.75 Å². The van der Waals surface area contributed by atoms with Gasteiger partial charge in [-0.05, 0) is 42.8 Å². The van der Waals surface area contributed by atoms with Gasteiger partial charge >= 0.3 is 0 Å². The molecule has 0 bridgehead atoms. The Labute approximate surface area is 153 Å². The molecular formula is C21H22N2O3. The van der Waals surface area contributed by atoms with Crippen LogP contribution in [0, 0.1) is 0 Å². The van der Waals surface area contributed by atoms with Crippen LogP contribution >= 0.6 is 0 Å². The number of ether oxygens (including phenoxy) is 1. The number of amides is 1. The quantitative estimate of drug-likeness (QED) is 0.799. The third-order valence-corrected chi connectivity index (χ3v) is 5.15. The van der Waals surface area contributed by atoms with E-state index in [2.05, 4.69) is 4.90 Å². The van der Waals surface area contributed by atoms with Gasteiger partial charge < -0.3 is 14.5 Å². The normalized spacial score (nSPS) is 19.0. The van der Waals surface area contributed by atoms with Gasteiger partial charge in [0.05, 0.1) is 0 Å². The molecule has 0 aliphatic carbocycles. The van der Waals surface area contributed by atoms with Gasteiger partial charge in [0.2, 0.25) is 0 Å². The molecule has 0 spiro atoms. The zero-order valence-electron chi connectivity index (χ0n) is 14.9. The standard InChI is InChI=1S/C21H22N2O3/c1-15(24)16-6-8-18(9-7-16)22-10-12-23(13-11-22)21(25)20-14-17-4-2-3-5-19(17)26-20/h2-9,20H,10-14H2,1H3/t20-/m1/s1. The lowest BCUT2D eigenvalue weighted by molar-refractivity contribution is -0.138. The van der Waals surface area contributed by atoms with Gasteiger partial charge in [-0.2, -0.15) is 0 Å². The minimum atomic E-state index is -0.395. The Hall–Kier alpha value is -2.82. The van der Waals surface area contributed by atoms with Gasteiger partial charge in [0.25, 0.3) is 5.91 Å². The number of fused-ring (bicyclic) bond motifs is 1. The van der Waals surface area contributed by atoms with Gasteiger partial charge in [0, 0.05) is 43.9 Å². The number of rotatable bonds is 3. The number of carbonyl (C=O) groups is 2. The molecule has 0 saturated carbocycles. The van der Waals surface area contributed by atoms with Crippen LogP contribution in [0.1, 0.15) is 22.8 Å². The van der Waals surface area contributed by atoms with Crippen LogP contribution in [0.3, 0.4) is 0 Å². The first-order valence-corrected chi connectivity index (χ1v) is 9.01. The topological polar surface area (TPSA) is 49.9 Å². The molecule has 0 unspecified atom stereocenters. The van der Waals surface area contributed by atoms with Crippen LogP contribution in [0.2, 0.25) is 0 Å². The molecule has 4 rings (SSSR count). The number of anilines is 1. The fourth-order valence-electron chi connectivity index (χ4n) is 3.62. The molecule has 26 heavy (non-hydrogen) atoms. The van der Waals surface area contributed by atoms with Gasteiger partial charge in [-0.25, -0.2) is 0 Å². The minimum Gasteiger partial charge on any atom is -0.480 e. The second-order valence-corrected chi connectivity index (χ2v) is 6.83. The van der Waals surface area contributed by atoms with Crippen LogP contribution in [-0.2, 0) is 11.2 Å². The summed E-state index contributed by atoms with van der Waals surface area (Å²) in [6.07, 6.45) is 0.260. The molecule has 5 nitrogen and oxygen atoms in total. The van der Waals surface area contributed by atoms with Crippen molar-refractivity contribution in [1.82, 2.24) is 4.90 Å². The zero-order chi connectivity index (χ0) is 18.1. The van der Waals surface area contributed by atoms with Crippen molar-refractivity contribution in [2.75, 3.05) is 31.1 Å². The lowest BCUT2D eigenvalue weighted by atomic mass is 10.1. The van der Waals surface area contributed by atoms with Gasteiger partial charge in [0.1, 0.15) is 5.75 Å². The van der Waals surface area contributed by atoms with E-state index in [1.807, 2.05) is 53.4 Å². The van der Waals surface area contributed by atoms with Crippen LogP contribution < -0.4 is 9.64 Å². The minimum absolute atomic E-state index is 0.0736. The molecule has 2 aliphatic heterocycles. The largest absolute Gasteiger partial charge is 0.480 e. The number of benzene rings is 2. The first kappa shape index (κ1) is 16.6. The summed E-state index contributed by atoms with van der Waals surface area (Å²) < 4.78 is 5.83. The van der Waals surface area contributed by atoms with E-state index in [1.54, 1.807) is 6.92 Å². The molecular weight excluding hydrogens is 328 g/mol. The monoisotopic (exact) mass is 350 g/mol. The van der Waals surface area contributed by atoms with Crippen molar-refractivity contribution in [3.05, 3.63) is 59.7 Å². The molecule has 2 aromatic carbocycles. The Kier molecular flexibility index (Phi) is 4.37. The van der Waals surface area contributed by atoms with Crippen molar-refractivity contribution < 1.29 is 14.3 Å². The van der Waals surface area contributed by atoms with Gasteiger partial charge in [-0.1, -0.05) is 18.2 Å². The summed E-state index contributed by atoms with van der Waals surface area (Å²) in [6.45, 7) is 4.51. The van der Waals surface area contributed by atoms with E-state index in [9.17, 15) is 9.59 Å². The average Bonchev–Trinajstić information content (AvgIpc) is 3.12. The number of para-hydroxylation sites is 1. The maximum atomic E-state index is 12.8. The first-order chi connectivity index (χ1) is 12.6. The van der Waals surface area contributed by atoms with Gasteiger partial charge in [-0.3, -0.25) is 9.59 Å². The summed E-state index contributed by atoms with van der Waals surface area (Å²) in [6, 6.07) is 15.5. The maximum absolute atomic E-state index is 12.8. The number of hydrogen-bond acceptors (Lipinski definition) is 4. The van der Waals surface area contributed by atoms with E-state index >= 15 is 0 Å². The number of nitrogens with zero attached hydrogens (tertiary/aromatic N) is 2. The lowest BCUT2D eigenvalue weighted by Gasteiger charge is -2.37. The lowest BCUT2D eigenvalue weighted by Crippen LogP contribution is -2.52. The predicted molar refractivity (Wildman–Crippen MR) is 99.8 cm³/mol. The fourth-order valence-corrected chi connectivity index (χ4v) is 3.62. The van der Waals surface area contributed by atoms with E-state index in [-0.39, 0.29) is 11.7 Å². The van der Waals surface area contributed by atoms with E-state index in [1.165, 1.54) is 0 Å². The average molecular weight is 350 g/mol. The maximum Gasteiger partial charge on any atom is 0.264 e. The summed E-state index contributed by atoms with van der Waals surface area (Å²) in [5.41, 5.74) is 2.92. The fraction of sp³-hybridized carbons (Fsp3) is 0.333. The van der Waals surface area contributed by atoms with E-state index < -0.39 is 6.10 Å². The van der Waals surface area contributed by atoms with Gasteiger partial charge in [0.15, 0.2) is 11.9 Å². The number of hydrogen-bond donors (Lipinski definition) is 0. The molecule has 1 fully saturated rings. The molecule has 2 aromatic rings. The zero-order valence-corrected chi connectivity index (χ0v) is 14.9. The van der Waals surface area contributed by atoms with Crippen molar-refractivity contribution in [3.63, 3.8) is 0 Å². The van der Waals surface area contributed by atoms with Crippen LogP contribution in [0.25, 0.3) is 0 Å². The molecule has 0 aromatic heterocycles. The Bertz CT molecular complexity index is 798. The summed E-state index contributed by atoms with van der Waals surface area (Å²) in [7, 11) is 0. The Morgan fingerprint density at radius 2 is 1.65 bits per heavy atom. The molecule has 2 heterocycles. The second-order valence-electron chi connectivity index (χ2n) is 6.83. The predicted octanol–water partition coefficient (Wildman–Crippen LogP) is 2.54. The highest BCUT2D eigenvalue weighted by Gasteiger charge is 2.33. The molecule has 0 N–H and O–H groups in total. The van der Waals surface area contributed by atoms with Crippen LogP contribution in [0.15, 0.2) is 48.5 Å². The number of carbonyl (C=O) groups excluding carboxylic acids is 2. The van der Waals surface area contributed by atoms with E-state index in [0.717, 1.165) is 35.7 Å². The summed E-state index contributed by atoms with van der Waals surface area (Å²) in [5.74, 6) is 0.979. The second kappa shape index (κ2) is 6.83. The molecule has 5 heteroatoms. The Morgan fingerprint density at radius 1 is 0.962 bits per heavy atom. The van der Waals surface area contributed by atoms with Crippen LogP contribution in [0.4, 0.5) is 5.69 Å². The van der Waals surface area contributed by atoms with Crippen molar-refractivity contribution in [2.45, 2.75) is 19.4 Å². The number of ketones is 1. The first-order valence-electron chi connectivity index (χ1n) is 9.01. The van der Waals surface area contributed by atoms with Gasteiger partial charge in [-0.15, -0.1) is 0 Å². The smallest absolute Gasteiger partial charge is 0.264 e. The molecule has 1 amide bonds. The highest BCUT2D eigenvalue weighted by atomic mass is 16.5. The van der Waals surface area contributed by atoms with Crippen molar-refractivity contribution >= 4 is 17.4 Å².